The number of aliphatic imine (C=N–C) groups is 1. The van der Waals surface area contributed by atoms with Gasteiger partial charge in [0.2, 0.25) is 0 Å². The lowest BCUT2D eigenvalue weighted by molar-refractivity contribution is 0.516. The van der Waals surface area contributed by atoms with Crippen LogP contribution in [0.25, 0.3) is 11.1 Å². The highest BCUT2D eigenvalue weighted by molar-refractivity contribution is 5.91. The number of rotatable bonds is 7. The van der Waals surface area contributed by atoms with E-state index in [1.165, 1.54) is 11.6 Å². The Labute approximate surface area is 196 Å². The summed E-state index contributed by atoms with van der Waals surface area (Å²) in [5.41, 5.74) is 7.35. The predicted octanol–water partition coefficient (Wildman–Crippen LogP) is 6.57. The van der Waals surface area contributed by atoms with Crippen molar-refractivity contribution in [3.8, 4) is 12.3 Å². The number of terminal acetylenes is 1. The molecule has 0 radical (unpaired) electrons. The Hall–Kier alpha value is -3.97. The van der Waals surface area contributed by atoms with Crippen LogP contribution in [0.4, 0.5) is 4.39 Å². The Morgan fingerprint density at radius 1 is 1.27 bits per heavy atom. The number of pyridine rings is 1. The van der Waals surface area contributed by atoms with Gasteiger partial charge in [-0.2, -0.15) is 0 Å². The van der Waals surface area contributed by atoms with Gasteiger partial charge in [0, 0.05) is 35.8 Å². The Balaban J connectivity index is 2.25. The summed E-state index contributed by atoms with van der Waals surface area (Å²) in [6, 6.07) is 8.88. The number of aryl methyl sites for hydroxylation is 1. The molecule has 1 aliphatic rings. The van der Waals surface area contributed by atoms with Gasteiger partial charge in [-0.1, -0.05) is 49.4 Å². The van der Waals surface area contributed by atoms with Crippen LogP contribution in [0.3, 0.4) is 0 Å². The van der Waals surface area contributed by atoms with Crippen LogP contribution in [-0.4, -0.2) is 23.1 Å². The lowest BCUT2D eigenvalue weighted by Crippen LogP contribution is -2.23. The van der Waals surface area contributed by atoms with Crippen molar-refractivity contribution in [2.24, 2.45) is 4.99 Å². The number of allylic oxidation sites excluding steroid dienone is 8. The average Bonchev–Trinajstić information content (AvgIpc) is 2.82. The molecule has 3 rings (SSSR count). The molecule has 2 aromatic rings. The monoisotopic (exact) mass is 437 g/mol. The maximum Gasteiger partial charge on any atom is 0.139 e. The number of benzene rings is 1. The van der Waals surface area contributed by atoms with Crippen LogP contribution in [0.1, 0.15) is 42.7 Å². The second-order valence-corrected chi connectivity index (χ2v) is 7.75. The van der Waals surface area contributed by atoms with Gasteiger partial charge in [0.25, 0.3) is 0 Å². The van der Waals surface area contributed by atoms with Gasteiger partial charge in [0.05, 0.1) is 23.2 Å². The summed E-state index contributed by atoms with van der Waals surface area (Å²) in [5.74, 6) is 2.06. The molecule has 166 valence electrons. The number of halogens is 1. The molecule has 0 saturated carbocycles. The van der Waals surface area contributed by atoms with Crippen molar-refractivity contribution in [3.05, 3.63) is 113 Å². The molecule has 1 aromatic carbocycles. The number of fused-ring (bicyclic) bond motifs is 1. The fourth-order valence-electron chi connectivity index (χ4n) is 3.91. The van der Waals surface area contributed by atoms with Crippen molar-refractivity contribution in [1.29, 1.82) is 0 Å². The third kappa shape index (κ3) is 5.10. The van der Waals surface area contributed by atoms with Gasteiger partial charge in [-0.15, -0.1) is 6.42 Å². The summed E-state index contributed by atoms with van der Waals surface area (Å²) in [6.45, 7) is 11.7. The Kier molecular flexibility index (Phi) is 7.58. The highest BCUT2D eigenvalue weighted by Crippen LogP contribution is 2.36. The first-order valence-electron chi connectivity index (χ1n) is 10.8. The second kappa shape index (κ2) is 10.6. The summed E-state index contributed by atoms with van der Waals surface area (Å²) in [7, 11) is 2.01. The number of aromatic nitrogens is 1. The molecule has 3 nitrogen and oxygen atoms in total. The van der Waals surface area contributed by atoms with E-state index in [1.54, 1.807) is 18.3 Å². The van der Waals surface area contributed by atoms with E-state index in [0.717, 1.165) is 46.8 Å². The molecule has 0 atom stereocenters. The van der Waals surface area contributed by atoms with Crippen molar-refractivity contribution in [1.82, 2.24) is 9.88 Å². The lowest BCUT2D eigenvalue weighted by atomic mass is 9.89. The molecule has 33 heavy (non-hydrogen) atoms. The van der Waals surface area contributed by atoms with Gasteiger partial charge in [-0.25, -0.2) is 4.39 Å². The number of nitrogens with zero attached hydrogens (tertiary/aromatic N) is 3. The molecule has 0 spiro atoms. The van der Waals surface area contributed by atoms with Crippen molar-refractivity contribution in [3.63, 3.8) is 0 Å². The topological polar surface area (TPSA) is 28.5 Å². The summed E-state index contributed by atoms with van der Waals surface area (Å²) in [6.07, 6.45) is 16.6. The first kappa shape index (κ1) is 23.7. The minimum Gasteiger partial charge on any atom is -0.347 e. The zero-order chi connectivity index (χ0) is 24.0. The van der Waals surface area contributed by atoms with Crippen LogP contribution in [0.15, 0.2) is 90.0 Å². The molecule has 0 N–H and O–H groups in total. The summed E-state index contributed by atoms with van der Waals surface area (Å²) in [5, 5.41) is 0. The summed E-state index contributed by atoms with van der Waals surface area (Å²) >= 11 is 0. The van der Waals surface area contributed by atoms with Gasteiger partial charge in [-0.05, 0) is 56.0 Å². The van der Waals surface area contributed by atoms with Crippen LogP contribution in [-0.2, 0) is 6.42 Å². The largest absolute Gasteiger partial charge is 0.347 e. The summed E-state index contributed by atoms with van der Waals surface area (Å²) < 4.78 is 14.4. The van der Waals surface area contributed by atoms with Crippen LogP contribution < -0.4 is 0 Å². The fourth-order valence-corrected chi connectivity index (χ4v) is 3.91. The van der Waals surface area contributed by atoms with Crippen LogP contribution >= 0.6 is 0 Å². The first-order valence-corrected chi connectivity index (χ1v) is 10.8. The maximum atomic E-state index is 14.4. The van der Waals surface area contributed by atoms with E-state index in [4.69, 9.17) is 6.42 Å². The van der Waals surface area contributed by atoms with E-state index >= 15 is 0 Å². The fraction of sp³-hybridized carbons (Fsp3) is 0.172. The van der Waals surface area contributed by atoms with Crippen LogP contribution in [0, 0.1) is 18.2 Å². The molecule has 1 aromatic heterocycles. The van der Waals surface area contributed by atoms with Crippen LogP contribution in [0.5, 0.6) is 0 Å². The van der Waals surface area contributed by atoms with Gasteiger partial charge in [0.15, 0.2) is 0 Å². The van der Waals surface area contributed by atoms with Crippen molar-refractivity contribution >= 4 is 17.4 Å². The molecule has 0 unspecified atom stereocenters. The molecule has 4 heteroatoms. The molecule has 0 amide bonds. The van der Waals surface area contributed by atoms with E-state index < -0.39 is 5.82 Å². The molecule has 0 bridgehead atoms. The van der Waals surface area contributed by atoms with E-state index in [0.29, 0.717) is 5.56 Å². The van der Waals surface area contributed by atoms with E-state index in [2.05, 4.69) is 40.0 Å². The number of hydrogen-bond donors (Lipinski definition) is 0. The Morgan fingerprint density at radius 2 is 2.06 bits per heavy atom. The van der Waals surface area contributed by atoms with E-state index in [-0.39, 0.29) is 5.56 Å². The molecular weight excluding hydrogens is 409 g/mol. The second-order valence-electron chi connectivity index (χ2n) is 7.75. The van der Waals surface area contributed by atoms with Gasteiger partial charge in [-0.3, -0.25) is 9.98 Å². The molecule has 1 aliphatic carbocycles. The zero-order valence-corrected chi connectivity index (χ0v) is 19.4. The van der Waals surface area contributed by atoms with Crippen molar-refractivity contribution < 1.29 is 4.39 Å². The van der Waals surface area contributed by atoms with Gasteiger partial charge < -0.3 is 4.90 Å². The summed E-state index contributed by atoms with van der Waals surface area (Å²) in [4.78, 5) is 11.2. The first-order chi connectivity index (χ1) is 15.9. The third-order valence-electron chi connectivity index (χ3n) is 5.58. The zero-order valence-electron chi connectivity index (χ0n) is 19.4. The lowest BCUT2D eigenvalue weighted by Gasteiger charge is -2.30. The minimum atomic E-state index is -0.427. The standard InChI is InChI=1S/C29H28FN3/c1-7-21(25-13-10-14-27(30)24(25)9-3)18-26-28(16-15-22-12-11-17-31-29(22)26)33(6)23(8-2)19-32-20(4)5/h3,7-8,10-14,17-19H,1,4,15-16H2,2,5-6H3/b21-18+,23-8+,32-19-. The van der Waals surface area contributed by atoms with E-state index in [9.17, 15) is 4.39 Å². The normalized spacial score (nSPS) is 14.2. The van der Waals surface area contributed by atoms with Crippen LogP contribution in [0.2, 0.25) is 0 Å². The quantitative estimate of drug-likeness (QED) is 0.278. The highest BCUT2D eigenvalue weighted by Gasteiger charge is 2.23. The molecule has 1 heterocycles. The Bertz CT molecular complexity index is 1250. The number of hydrogen-bond acceptors (Lipinski definition) is 3. The average molecular weight is 438 g/mol. The highest BCUT2D eigenvalue weighted by atomic mass is 19.1. The molecule has 0 aliphatic heterocycles. The van der Waals surface area contributed by atoms with Gasteiger partial charge >= 0.3 is 0 Å². The molecule has 0 saturated heterocycles. The Morgan fingerprint density at radius 3 is 2.73 bits per heavy atom. The van der Waals surface area contributed by atoms with Crippen molar-refractivity contribution in [2.75, 3.05) is 7.05 Å². The van der Waals surface area contributed by atoms with Crippen molar-refractivity contribution in [2.45, 2.75) is 26.7 Å². The SMILES string of the molecule is C#Cc1c(F)cccc1/C(C=C)=C/C1=C(N(C)C(/C=N\C(=C)C)=C/C)CCc2cccnc21. The van der Waals surface area contributed by atoms with Gasteiger partial charge in [0.1, 0.15) is 5.82 Å². The third-order valence-corrected chi connectivity index (χ3v) is 5.58. The van der Waals surface area contributed by atoms with E-state index in [1.807, 2.05) is 51.4 Å². The molecular formula is C29H28FN3. The minimum absolute atomic E-state index is 0.221. The molecule has 0 fully saturated rings. The smallest absolute Gasteiger partial charge is 0.139 e. The predicted molar refractivity (Wildman–Crippen MR) is 137 cm³/mol. The maximum absolute atomic E-state index is 14.4.